The van der Waals surface area contributed by atoms with Gasteiger partial charge in [0.05, 0.1) is 35.2 Å². The van der Waals surface area contributed by atoms with Crippen molar-refractivity contribution in [2.75, 3.05) is 14.2 Å². The molecule has 0 aliphatic carbocycles. The number of methoxy groups -OCH3 is 2. The van der Waals surface area contributed by atoms with Gasteiger partial charge in [-0.3, -0.25) is 20.2 Å². The number of hydrogen-bond acceptors (Lipinski definition) is 8. The van der Waals surface area contributed by atoms with Crippen molar-refractivity contribution in [3.05, 3.63) is 55.6 Å². The number of non-ortho nitro benzene ring substituents is 2. The molecule has 0 aromatic heterocycles. The standard InChI is InChI=1S/C14H10N2O8/c1-23-13(17)7-3-5-9(15(19)20)12-10(16(21)22)6-4-8(11(7)12)14(18)24-2/h3-6H,1-2H3. The molecule has 0 saturated heterocycles. The average molecular weight is 334 g/mol. The number of rotatable bonds is 4. The van der Waals surface area contributed by atoms with Crippen molar-refractivity contribution in [2.24, 2.45) is 0 Å². The van der Waals surface area contributed by atoms with Gasteiger partial charge >= 0.3 is 11.9 Å². The molecule has 10 heteroatoms. The SMILES string of the molecule is COC(=O)c1ccc([N+](=O)[O-])c2c([N+](=O)[O-])ccc(C(=O)OC)c12. The van der Waals surface area contributed by atoms with Crippen LogP contribution < -0.4 is 0 Å². The molecule has 2 aromatic carbocycles. The van der Waals surface area contributed by atoms with Gasteiger partial charge in [-0.05, 0) is 12.1 Å². The second-order valence-corrected chi connectivity index (χ2v) is 4.51. The molecule has 10 nitrogen and oxygen atoms in total. The van der Waals surface area contributed by atoms with Gasteiger partial charge in [0.1, 0.15) is 5.39 Å². The van der Waals surface area contributed by atoms with Crippen molar-refractivity contribution in [3.8, 4) is 0 Å². The van der Waals surface area contributed by atoms with E-state index in [4.69, 9.17) is 0 Å². The van der Waals surface area contributed by atoms with Crippen molar-refractivity contribution in [3.63, 3.8) is 0 Å². The molecule has 0 aliphatic rings. The summed E-state index contributed by atoms with van der Waals surface area (Å²) in [5.41, 5.74) is -1.67. The highest BCUT2D eigenvalue weighted by molar-refractivity contribution is 6.17. The summed E-state index contributed by atoms with van der Waals surface area (Å²) in [4.78, 5) is 44.7. The Bertz CT molecular complexity index is 821. The van der Waals surface area contributed by atoms with Gasteiger partial charge in [-0.2, -0.15) is 0 Å². The molecule has 0 radical (unpaired) electrons. The second kappa shape index (κ2) is 6.28. The van der Waals surface area contributed by atoms with E-state index in [0.717, 1.165) is 38.5 Å². The zero-order chi connectivity index (χ0) is 18.0. The predicted molar refractivity (Wildman–Crippen MR) is 79.9 cm³/mol. The maximum atomic E-state index is 11.9. The van der Waals surface area contributed by atoms with Gasteiger partial charge < -0.3 is 9.47 Å². The summed E-state index contributed by atoms with van der Waals surface area (Å²) >= 11 is 0. The van der Waals surface area contributed by atoms with Crippen LogP contribution in [0.5, 0.6) is 0 Å². The first-order valence-corrected chi connectivity index (χ1v) is 6.38. The van der Waals surface area contributed by atoms with Crippen molar-refractivity contribution in [1.29, 1.82) is 0 Å². The van der Waals surface area contributed by atoms with Gasteiger partial charge in [0, 0.05) is 17.5 Å². The fraction of sp³-hybridized carbons (Fsp3) is 0.143. The van der Waals surface area contributed by atoms with Crippen molar-refractivity contribution in [2.45, 2.75) is 0 Å². The molecule has 0 atom stereocenters. The fourth-order valence-electron chi connectivity index (χ4n) is 2.32. The van der Waals surface area contributed by atoms with Crippen LogP contribution in [0.1, 0.15) is 20.7 Å². The lowest BCUT2D eigenvalue weighted by Crippen LogP contribution is -2.10. The Morgan fingerprint density at radius 1 is 0.792 bits per heavy atom. The van der Waals surface area contributed by atoms with Crippen LogP contribution in [0.2, 0.25) is 0 Å². The van der Waals surface area contributed by atoms with Gasteiger partial charge in [0.2, 0.25) is 0 Å². The van der Waals surface area contributed by atoms with Crippen LogP contribution >= 0.6 is 0 Å². The van der Waals surface area contributed by atoms with E-state index in [-0.39, 0.29) is 16.5 Å². The first-order chi connectivity index (χ1) is 11.3. The van der Waals surface area contributed by atoms with E-state index in [1.54, 1.807) is 0 Å². The molecule has 0 aliphatic heterocycles. The normalized spacial score (nSPS) is 10.2. The van der Waals surface area contributed by atoms with E-state index in [2.05, 4.69) is 9.47 Å². The molecule has 0 heterocycles. The van der Waals surface area contributed by atoms with E-state index in [9.17, 15) is 29.8 Å². The highest BCUT2D eigenvalue weighted by Gasteiger charge is 2.30. The third-order valence-electron chi connectivity index (χ3n) is 3.32. The molecule has 0 fully saturated rings. The second-order valence-electron chi connectivity index (χ2n) is 4.51. The molecule has 0 unspecified atom stereocenters. The summed E-state index contributed by atoms with van der Waals surface area (Å²) in [6.07, 6.45) is 0. The first-order valence-electron chi connectivity index (χ1n) is 6.38. The smallest absolute Gasteiger partial charge is 0.338 e. The Hall–Kier alpha value is -3.56. The number of benzene rings is 2. The quantitative estimate of drug-likeness (QED) is 0.471. The molecule has 2 rings (SSSR count). The van der Waals surface area contributed by atoms with Gasteiger partial charge in [-0.1, -0.05) is 0 Å². The van der Waals surface area contributed by atoms with E-state index >= 15 is 0 Å². The fourth-order valence-corrected chi connectivity index (χ4v) is 2.32. The summed E-state index contributed by atoms with van der Waals surface area (Å²) in [6, 6.07) is 4.04. The minimum atomic E-state index is -0.902. The molecular formula is C14H10N2O8. The molecule has 124 valence electrons. The maximum absolute atomic E-state index is 11.9. The number of carbonyl (C=O) groups is 2. The van der Waals surface area contributed by atoms with Crippen LogP contribution in [0.25, 0.3) is 10.8 Å². The Balaban J connectivity index is 3.12. The monoisotopic (exact) mass is 334 g/mol. The zero-order valence-electron chi connectivity index (χ0n) is 12.5. The Morgan fingerprint density at radius 3 is 1.46 bits per heavy atom. The molecule has 0 N–H and O–H groups in total. The number of nitrogens with zero attached hydrogens (tertiary/aromatic N) is 2. The number of esters is 2. The van der Waals surface area contributed by atoms with E-state index in [1.165, 1.54) is 0 Å². The summed E-state index contributed by atoms with van der Waals surface area (Å²) in [6.45, 7) is 0. The minimum absolute atomic E-state index is 0.220. The predicted octanol–water partition coefficient (Wildman–Crippen LogP) is 2.23. The lowest BCUT2D eigenvalue weighted by molar-refractivity contribution is -0.390. The number of ether oxygens (including phenoxy) is 2. The van der Waals surface area contributed by atoms with Crippen molar-refractivity contribution in [1.82, 2.24) is 0 Å². The van der Waals surface area contributed by atoms with Gasteiger partial charge in [-0.15, -0.1) is 0 Å². The molecule has 2 aromatic rings. The number of nitro groups is 2. The van der Waals surface area contributed by atoms with Crippen LogP contribution in [0, 0.1) is 20.2 Å². The summed E-state index contributed by atoms with van der Waals surface area (Å²) in [5.74, 6) is -1.80. The van der Waals surface area contributed by atoms with E-state index < -0.39 is 38.5 Å². The number of carbonyl (C=O) groups excluding carboxylic acids is 2. The Kier molecular flexibility index (Phi) is 4.40. The summed E-state index contributed by atoms with van der Waals surface area (Å²) in [7, 11) is 2.15. The molecule has 24 heavy (non-hydrogen) atoms. The molecular weight excluding hydrogens is 324 g/mol. The molecule has 0 spiro atoms. The zero-order valence-corrected chi connectivity index (χ0v) is 12.5. The third kappa shape index (κ3) is 2.60. The minimum Gasteiger partial charge on any atom is -0.465 e. The highest BCUT2D eigenvalue weighted by atomic mass is 16.6. The van der Waals surface area contributed by atoms with Gasteiger partial charge in [-0.25, -0.2) is 9.59 Å². The Labute approximate surface area is 133 Å². The van der Waals surface area contributed by atoms with Gasteiger partial charge in [0.15, 0.2) is 0 Å². The van der Waals surface area contributed by atoms with E-state index in [1.807, 2.05) is 0 Å². The van der Waals surface area contributed by atoms with Crippen LogP contribution in [0.3, 0.4) is 0 Å². The average Bonchev–Trinajstić information content (AvgIpc) is 2.57. The van der Waals surface area contributed by atoms with Gasteiger partial charge in [0.25, 0.3) is 11.4 Å². The van der Waals surface area contributed by atoms with Crippen molar-refractivity contribution < 1.29 is 28.9 Å². The summed E-state index contributed by atoms with van der Waals surface area (Å²) in [5, 5.41) is 21.8. The number of nitro benzene ring substituents is 2. The Morgan fingerprint density at radius 2 is 1.17 bits per heavy atom. The third-order valence-corrected chi connectivity index (χ3v) is 3.32. The highest BCUT2D eigenvalue weighted by Crippen LogP contribution is 2.38. The van der Waals surface area contributed by atoms with Crippen LogP contribution in [-0.4, -0.2) is 36.0 Å². The molecule has 0 bridgehead atoms. The molecule has 0 amide bonds. The number of fused-ring (bicyclic) bond motifs is 1. The van der Waals surface area contributed by atoms with E-state index in [0.29, 0.717) is 0 Å². The van der Waals surface area contributed by atoms with Crippen LogP contribution in [0.4, 0.5) is 11.4 Å². The maximum Gasteiger partial charge on any atom is 0.338 e. The lowest BCUT2D eigenvalue weighted by Gasteiger charge is -2.10. The topological polar surface area (TPSA) is 139 Å². The number of hydrogen-bond donors (Lipinski definition) is 0. The van der Waals surface area contributed by atoms with Crippen LogP contribution in [-0.2, 0) is 9.47 Å². The summed E-state index contributed by atoms with van der Waals surface area (Å²) < 4.78 is 9.17. The lowest BCUT2D eigenvalue weighted by atomic mass is 9.96. The molecule has 0 saturated carbocycles. The first kappa shape index (κ1) is 16.8. The van der Waals surface area contributed by atoms with Crippen molar-refractivity contribution >= 4 is 34.1 Å². The largest absolute Gasteiger partial charge is 0.465 e. The van der Waals surface area contributed by atoms with Crippen LogP contribution in [0.15, 0.2) is 24.3 Å².